The number of hydrogen-bond donors (Lipinski definition) is 0. The molecule has 1 nitrogen and oxygen atoms in total. The van der Waals surface area contributed by atoms with Gasteiger partial charge in [0, 0.05) is 5.41 Å². The van der Waals surface area contributed by atoms with Gasteiger partial charge in [-0.1, -0.05) is 50.2 Å². The fraction of sp³-hybridized carbons (Fsp3) is 0.294. The molecular formula is C17H20O. The summed E-state index contributed by atoms with van der Waals surface area (Å²) in [5, 5.41) is 0. The number of ether oxygens (including phenoxy) is 1. The van der Waals surface area contributed by atoms with Gasteiger partial charge in [-0.2, -0.15) is 0 Å². The summed E-state index contributed by atoms with van der Waals surface area (Å²) in [6.45, 7) is 6.66. The number of rotatable bonds is 3. The Balaban J connectivity index is 2.53. The Morgan fingerprint density at radius 3 is 2.22 bits per heavy atom. The molecule has 0 N–H and O–H groups in total. The van der Waals surface area contributed by atoms with Gasteiger partial charge in [0.25, 0.3) is 0 Å². The van der Waals surface area contributed by atoms with Crippen molar-refractivity contribution in [2.24, 2.45) is 0 Å². The predicted molar refractivity (Wildman–Crippen MR) is 76.3 cm³/mol. The fourth-order valence-electron chi connectivity index (χ4n) is 2.41. The highest BCUT2D eigenvalue weighted by Crippen LogP contribution is 2.35. The van der Waals surface area contributed by atoms with Crippen LogP contribution in [0.5, 0.6) is 5.75 Å². The number of benzene rings is 2. The van der Waals surface area contributed by atoms with E-state index >= 15 is 0 Å². The largest absolute Gasteiger partial charge is 0.497 e. The predicted octanol–water partition coefficient (Wildman–Crippen LogP) is 4.33. The number of methoxy groups -OCH3 is 1. The van der Waals surface area contributed by atoms with E-state index in [2.05, 4.69) is 63.2 Å². The second-order valence-corrected chi connectivity index (χ2v) is 5.17. The van der Waals surface area contributed by atoms with Gasteiger partial charge in [-0.05, 0) is 35.7 Å². The lowest BCUT2D eigenvalue weighted by Gasteiger charge is -2.28. The zero-order valence-electron chi connectivity index (χ0n) is 11.5. The van der Waals surface area contributed by atoms with E-state index in [0.717, 1.165) is 5.75 Å². The zero-order valence-corrected chi connectivity index (χ0v) is 11.5. The molecule has 2 rings (SSSR count). The smallest absolute Gasteiger partial charge is 0.119 e. The average Bonchev–Trinajstić information content (AvgIpc) is 2.40. The van der Waals surface area contributed by atoms with Crippen LogP contribution in [-0.4, -0.2) is 7.11 Å². The summed E-state index contributed by atoms with van der Waals surface area (Å²) >= 11 is 0. The Hall–Kier alpha value is -1.76. The Morgan fingerprint density at radius 1 is 0.944 bits per heavy atom. The van der Waals surface area contributed by atoms with Crippen LogP contribution < -0.4 is 4.74 Å². The topological polar surface area (TPSA) is 9.23 Å². The van der Waals surface area contributed by atoms with Crippen molar-refractivity contribution in [2.45, 2.75) is 26.2 Å². The van der Waals surface area contributed by atoms with Crippen LogP contribution in [0.3, 0.4) is 0 Å². The first-order valence-electron chi connectivity index (χ1n) is 6.26. The van der Waals surface area contributed by atoms with E-state index in [1.807, 2.05) is 6.07 Å². The summed E-state index contributed by atoms with van der Waals surface area (Å²) in [5.41, 5.74) is 3.92. The first kappa shape index (κ1) is 12.7. The molecule has 2 aromatic carbocycles. The van der Waals surface area contributed by atoms with Gasteiger partial charge in [-0.15, -0.1) is 0 Å². The average molecular weight is 240 g/mol. The van der Waals surface area contributed by atoms with E-state index in [9.17, 15) is 0 Å². The molecule has 94 valence electrons. The monoisotopic (exact) mass is 240 g/mol. The zero-order chi connectivity index (χ0) is 13.2. The number of aryl methyl sites for hydroxylation is 1. The molecule has 1 heteroatoms. The van der Waals surface area contributed by atoms with E-state index in [4.69, 9.17) is 4.74 Å². The molecule has 18 heavy (non-hydrogen) atoms. The third-order valence-corrected chi connectivity index (χ3v) is 3.61. The Morgan fingerprint density at radius 2 is 1.61 bits per heavy atom. The highest BCUT2D eigenvalue weighted by atomic mass is 16.5. The van der Waals surface area contributed by atoms with Crippen LogP contribution in [0.1, 0.15) is 30.5 Å². The molecular weight excluding hydrogens is 220 g/mol. The minimum Gasteiger partial charge on any atom is -0.497 e. The van der Waals surface area contributed by atoms with Crippen molar-refractivity contribution in [3.63, 3.8) is 0 Å². The van der Waals surface area contributed by atoms with E-state index in [-0.39, 0.29) is 5.41 Å². The molecule has 0 aromatic heterocycles. The Bertz CT molecular complexity index is 527. The van der Waals surface area contributed by atoms with E-state index in [0.29, 0.717) is 0 Å². The maximum atomic E-state index is 5.34. The van der Waals surface area contributed by atoms with Crippen molar-refractivity contribution >= 4 is 0 Å². The van der Waals surface area contributed by atoms with E-state index in [1.54, 1.807) is 7.11 Å². The van der Waals surface area contributed by atoms with Gasteiger partial charge < -0.3 is 4.74 Å². The second-order valence-electron chi connectivity index (χ2n) is 5.17. The minimum atomic E-state index is -0.0140. The molecule has 0 aliphatic rings. The van der Waals surface area contributed by atoms with Gasteiger partial charge in [0.2, 0.25) is 0 Å². The molecule has 0 aliphatic heterocycles. The molecule has 0 aliphatic carbocycles. The van der Waals surface area contributed by atoms with Crippen LogP contribution >= 0.6 is 0 Å². The van der Waals surface area contributed by atoms with Gasteiger partial charge in [0.05, 0.1) is 7.11 Å². The summed E-state index contributed by atoms with van der Waals surface area (Å²) in [7, 11) is 1.71. The number of hydrogen-bond acceptors (Lipinski definition) is 1. The van der Waals surface area contributed by atoms with Crippen molar-refractivity contribution in [3.05, 3.63) is 65.2 Å². The van der Waals surface area contributed by atoms with Crippen LogP contribution in [-0.2, 0) is 5.41 Å². The normalized spacial score (nSPS) is 11.3. The molecule has 0 bridgehead atoms. The molecule has 2 aromatic rings. The summed E-state index contributed by atoms with van der Waals surface area (Å²) in [6, 6.07) is 16.9. The van der Waals surface area contributed by atoms with Crippen molar-refractivity contribution in [1.29, 1.82) is 0 Å². The van der Waals surface area contributed by atoms with E-state index < -0.39 is 0 Å². The highest BCUT2D eigenvalue weighted by Gasteiger charge is 2.24. The first-order valence-corrected chi connectivity index (χ1v) is 6.26. The van der Waals surface area contributed by atoms with Gasteiger partial charge >= 0.3 is 0 Å². The minimum absolute atomic E-state index is 0.0140. The van der Waals surface area contributed by atoms with Crippen LogP contribution in [0.4, 0.5) is 0 Å². The summed E-state index contributed by atoms with van der Waals surface area (Å²) in [6.07, 6.45) is 0. The van der Waals surface area contributed by atoms with Crippen LogP contribution in [0.25, 0.3) is 0 Å². The molecule has 0 fully saturated rings. The molecule has 0 saturated heterocycles. The van der Waals surface area contributed by atoms with Gasteiger partial charge in [-0.3, -0.25) is 0 Å². The standard InChI is InChI=1S/C17H20O/c1-13-10-11-15(18-4)12-16(13)17(2,3)14-8-6-5-7-9-14/h5-12H,1-4H3. The molecule has 0 heterocycles. The molecule has 0 saturated carbocycles. The Labute approximate surface area is 109 Å². The van der Waals surface area contributed by atoms with Crippen molar-refractivity contribution in [3.8, 4) is 5.75 Å². The van der Waals surface area contributed by atoms with E-state index in [1.165, 1.54) is 16.7 Å². The third kappa shape index (κ3) is 2.26. The molecule has 0 radical (unpaired) electrons. The van der Waals surface area contributed by atoms with Crippen molar-refractivity contribution in [1.82, 2.24) is 0 Å². The SMILES string of the molecule is COc1ccc(C)c(C(C)(C)c2ccccc2)c1. The maximum Gasteiger partial charge on any atom is 0.119 e. The lowest BCUT2D eigenvalue weighted by molar-refractivity contribution is 0.413. The van der Waals surface area contributed by atoms with Gasteiger partial charge in [-0.25, -0.2) is 0 Å². The van der Waals surface area contributed by atoms with Crippen molar-refractivity contribution in [2.75, 3.05) is 7.11 Å². The third-order valence-electron chi connectivity index (χ3n) is 3.61. The molecule has 0 unspecified atom stereocenters. The summed E-state index contributed by atoms with van der Waals surface area (Å²) in [4.78, 5) is 0. The summed E-state index contributed by atoms with van der Waals surface area (Å²) < 4.78 is 5.34. The fourth-order valence-corrected chi connectivity index (χ4v) is 2.41. The molecule has 0 amide bonds. The maximum absolute atomic E-state index is 5.34. The molecule has 0 spiro atoms. The van der Waals surface area contributed by atoms with Crippen LogP contribution in [0, 0.1) is 6.92 Å². The lowest BCUT2D eigenvalue weighted by Crippen LogP contribution is -2.20. The van der Waals surface area contributed by atoms with Crippen LogP contribution in [0.2, 0.25) is 0 Å². The quantitative estimate of drug-likeness (QED) is 0.776. The molecule has 0 atom stereocenters. The Kier molecular flexibility index (Phi) is 3.42. The first-order chi connectivity index (χ1) is 8.55. The van der Waals surface area contributed by atoms with Crippen molar-refractivity contribution < 1.29 is 4.74 Å². The summed E-state index contributed by atoms with van der Waals surface area (Å²) in [5.74, 6) is 0.916. The second kappa shape index (κ2) is 4.85. The lowest BCUT2D eigenvalue weighted by atomic mass is 9.76. The van der Waals surface area contributed by atoms with Crippen LogP contribution in [0.15, 0.2) is 48.5 Å². The van der Waals surface area contributed by atoms with Gasteiger partial charge in [0.15, 0.2) is 0 Å². The highest BCUT2D eigenvalue weighted by molar-refractivity contribution is 5.45. The van der Waals surface area contributed by atoms with Gasteiger partial charge in [0.1, 0.15) is 5.75 Å².